The molecule has 0 aliphatic carbocycles. The Bertz CT molecular complexity index is 361. The number of carbonyl (C=O) groups is 4. The second-order valence-corrected chi connectivity index (χ2v) is 3.51. The van der Waals surface area contributed by atoms with Crippen molar-refractivity contribution in [3.63, 3.8) is 0 Å². The second kappa shape index (κ2) is 6.57. The van der Waals surface area contributed by atoms with Crippen LogP contribution in [0.2, 0.25) is 0 Å². The lowest BCUT2D eigenvalue weighted by atomic mass is 10.4. The van der Waals surface area contributed by atoms with Crippen molar-refractivity contribution >= 4 is 23.9 Å². The molecule has 0 spiro atoms. The Kier molecular flexibility index (Phi) is 5.06. The minimum atomic E-state index is -0.795. The molecule has 92 valence electrons. The van der Waals surface area contributed by atoms with Gasteiger partial charge in [-0.3, -0.25) is 14.4 Å². The zero-order valence-electron chi connectivity index (χ0n) is 9.26. The van der Waals surface area contributed by atoms with Crippen LogP contribution in [0.4, 0.5) is 0 Å². The SMILES string of the molecule is O=CC(=O)/C=C\C(=O)OCCN1CCCC1=O. The topological polar surface area (TPSA) is 80.8 Å². The van der Waals surface area contributed by atoms with Crippen molar-refractivity contribution in [1.82, 2.24) is 4.90 Å². The van der Waals surface area contributed by atoms with Gasteiger partial charge in [-0.25, -0.2) is 4.79 Å². The van der Waals surface area contributed by atoms with Crippen LogP contribution < -0.4 is 0 Å². The summed E-state index contributed by atoms with van der Waals surface area (Å²) in [5.41, 5.74) is 0. The zero-order chi connectivity index (χ0) is 12.7. The van der Waals surface area contributed by atoms with E-state index in [9.17, 15) is 19.2 Å². The highest BCUT2D eigenvalue weighted by Crippen LogP contribution is 2.08. The van der Waals surface area contributed by atoms with Gasteiger partial charge in [0.05, 0.1) is 6.54 Å². The minimum absolute atomic E-state index is 0.0627. The van der Waals surface area contributed by atoms with E-state index in [1.165, 1.54) is 0 Å². The summed E-state index contributed by atoms with van der Waals surface area (Å²) in [5.74, 6) is -1.43. The summed E-state index contributed by atoms with van der Waals surface area (Å²) < 4.78 is 4.76. The van der Waals surface area contributed by atoms with Crippen molar-refractivity contribution in [3.8, 4) is 0 Å². The fraction of sp³-hybridized carbons (Fsp3) is 0.455. The first-order chi connectivity index (χ1) is 8.13. The maximum Gasteiger partial charge on any atom is 0.330 e. The van der Waals surface area contributed by atoms with Crippen molar-refractivity contribution in [2.24, 2.45) is 0 Å². The molecule has 0 N–H and O–H groups in total. The number of ether oxygens (including phenoxy) is 1. The highest BCUT2D eigenvalue weighted by atomic mass is 16.5. The molecule has 0 aromatic rings. The summed E-state index contributed by atoms with van der Waals surface area (Å²) in [5, 5.41) is 0. The average Bonchev–Trinajstić information content (AvgIpc) is 2.72. The van der Waals surface area contributed by atoms with E-state index in [1.807, 2.05) is 0 Å². The van der Waals surface area contributed by atoms with Gasteiger partial charge in [-0.1, -0.05) is 0 Å². The monoisotopic (exact) mass is 239 g/mol. The molecule has 17 heavy (non-hydrogen) atoms. The lowest BCUT2D eigenvalue weighted by Gasteiger charge is -2.14. The summed E-state index contributed by atoms with van der Waals surface area (Å²) in [7, 11) is 0. The lowest BCUT2D eigenvalue weighted by molar-refractivity contribution is -0.140. The first kappa shape index (κ1) is 13.1. The zero-order valence-corrected chi connectivity index (χ0v) is 9.26. The third kappa shape index (κ3) is 4.58. The van der Waals surface area contributed by atoms with E-state index < -0.39 is 11.8 Å². The first-order valence-electron chi connectivity index (χ1n) is 5.25. The normalized spacial score (nSPS) is 15.3. The van der Waals surface area contributed by atoms with Gasteiger partial charge in [-0.15, -0.1) is 0 Å². The summed E-state index contributed by atoms with van der Waals surface area (Å²) in [4.78, 5) is 44.3. The van der Waals surface area contributed by atoms with Gasteiger partial charge in [0, 0.05) is 19.0 Å². The molecule has 1 heterocycles. The fourth-order valence-electron chi connectivity index (χ4n) is 1.43. The van der Waals surface area contributed by atoms with E-state index in [4.69, 9.17) is 4.74 Å². The number of allylic oxidation sites excluding steroid dienone is 1. The Morgan fingerprint density at radius 1 is 1.35 bits per heavy atom. The molecule has 1 aliphatic rings. The molecule has 1 amide bonds. The number of rotatable bonds is 6. The van der Waals surface area contributed by atoms with Crippen LogP contribution in [0.1, 0.15) is 12.8 Å². The number of aldehydes is 1. The van der Waals surface area contributed by atoms with E-state index in [2.05, 4.69) is 0 Å². The third-order valence-electron chi connectivity index (χ3n) is 2.28. The standard InChI is InChI=1S/C11H13NO5/c13-8-9(14)3-4-11(16)17-7-6-12-5-1-2-10(12)15/h3-4,8H,1-2,5-7H2/b4-3-. The van der Waals surface area contributed by atoms with Gasteiger partial charge in [0.25, 0.3) is 0 Å². The van der Waals surface area contributed by atoms with Crippen LogP contribution in [0.5, 0.6) is 0 Å². The van der Waals surface area contributed by atoms with Gasteiger partial charge in [-0.2, -0.15) is 0 Å². The van der Waals surface area contributed by atoms with Crippen molar-refractivity contribution in [1.29, 1.82) is 0 Å². The van der Waals surface area contributed by atoms with E-state index >= 15 is 0 Å². The van der Waals surface area contributed by atoms with Crippen molar-refractivity contribution < 1.29 is 23.9 Å². The second-order valence-electron chi connectivity index (χ2n) is 3.51. The van der Waals surface area contributed by atoms with Gasteiger partial charge in [0.1, 0.15) is 6.61 Å². The molecule has 1 aliphatic heterocycles. The molecule has 0 bridgehead atoms. The van der Waals surface area contributed by atoms with Crippen molar-refractivity contribution in [2.75, 3.05) is 19.7 Å². The highest BCUT2D eigenvalue weighted by molar-refractivity contribution is 6.31. The quantitative estimate of drug-likeness (QED) is 0.269. The van der Waals surface area contributed by atoms with Gasteiger partial charge in [0.2, 0.25) is 11.7 Å². The molecule has 0 aromatic heterocycles. The Hall–Kier alpha value is -1.98. The minimum Gasteiger partial charge on any atom is -0.461 e. The molecular formula is C11H13NO5. The van der Waals surface area contributed by atoms with Crippen LogP contribution in [-0.2, 0) is 23.9 Å². The summed E-state index contributed by atoms with van der Waals surface area (Å²) >= 11 is 0. The highest BCUT2D eigenvalue weighted by Gasteiger charge is 2.19. The van der Waals surface area contributed by atoms with Crippen molar-refractivity contribution in [3.05, 3.63) is 12.2 Å². The molecule has 1 saturated heterocycles. The lowest BCUT2D eigenvalue weighted by Crippen LogP contribution is -2.29. The van der Waals surface area contributed by atoms with Crippen LogP contribution in [0, 0.1) is 0 Å². The molecule has 1 rings (SSSR count). The number of hydrogen-bond donors (Lipinski definition) is 0. The molecule has 0 atom stereocenters. The smallest absolute Gasteiger partial charge is 0.330 e. The number of carbonyl (C=O) groups excluding carboxylic acids is 4. The van der Waals surface area contributed by atoms with E-state index in [0.717, 1.165) is 18.6 Å². The number of amides is 1. The Morgan fingerprint density at radius 2 is 2.12 bits per heavy atom. The summed E-state index contributed by atoms with van der Waals surface area (Å²) in [6.07, 6.45) is 3.22. The number of hydrogen-bond acceptors (Lipinski definition) is 5. The van der Waals surface area contributed by atoms with E-state index in [-0.39, 0.29) is 18.8 Å². The number of esters is 1. The van der Waals surface area contributed by atoms with Crippen LogP contribution in [0.3, 0.4) is 0 Å². The molecule has 0 unspecified atom stereocenters. The largest absolute Gasteiger partial charge is 0.461 e. The predicted molar refractivity (Wildman–Crippen MR) is 57.0 cm³/mol. The summed E-state index contributed by atoms with van der Waals surface area (Å²) in [6.45, 7) is 1.14. The maximum absolute atomic E-state index is 11.2. The van der Waals surface area contributed by atoms with Crippen LogP contribution in [0.15, 0.2) is 12.2 Å². The maximum atomic E-state index is 11.2. The van der Waals surface area contributed by atoms with Crippen LogP contribution in [-0.4, -0.2) is 48.5 Å². The predicted octanol–water partition coefficient (Wildman–Crippen LogP) is -0.524. The number of likely N-dealkylation sites (tertiary alicyclic amines) is 1. The van der Waals surface area contributed by atoms with Gasteiger partial charge >= 0.3 is 5.97 Å². The van der Waals surface area contributed by atoms with Gasteiger partial charge < -0.3 is 9.64 Å². The first-order valence-corrected chi connectivity index (χ1v) is 5.25. The number of ketones is 1. The van der Waals surface area contributed by atoms with E-state index in [1.54, 1.807) is 4.90 Å². The molecule has 6 nitrogen and oxygen atoms in total. The summed E-state index contributed by atoms with van der Waals surface area (Å²) in [6, 6.07) is 0. The molecule has 0 saturated carbocycles. The van der Waals surface area contributed by atoms with Gasteiger partial charge in [0.15, 0.2) is 6.29 Å². The average molecular weight is 239 g/mol. The Balaban J connectivity index is 2.20. The van der Waals surface area contributed by atoms with E-state index in [0.29, 0.717) is 19.5 Å². The molecule has 0 aromatic carbocycles. The van der Waals surface area contributed by atoms with Crippen molar-refractivity contribution in [2.45, 2.75) is 12.8 Å². The molecule has 1 fully saturated rings. The Morgan fingerprint density at radius 3 is 2.71 bits per heavy atom. The van der Waals surface area contributed by atoms with Crippen LogP contribution in [0.25, 0.3) is 0 Å². The van der Waals surface area contributed by atoms with Gasteiger partial charge in [-0.05, 0) is 12.5 Å². The third-order valence-corrected chi connectivity index (χ3v) is 2.28. The number of nitrogens with zero attached hydrogens (tertiary/aromatic N) is 1. The molecule has 6 heteroatoms. The fourth-order valence-corrected chi connectivity index (χ4v) is 1.43. The molecular weight excluding hydrogens is 226 g/mol. The van der Waals surface area contributed by atoms with Crippen LogP contribution >= 0.6 is 0 Å². The molecule has 0 radical (unpaired) electrons. The Labute approximate surface area is 98.2 Å².